The van der Waals surface area contributed by atoms with Crippen LogP contribution in [0.5, 0.6) is 0 Å². The molecule has 0 bridgehead atoms. The van der Waals surface area contributed by atoms with Gasteiger partial charge >= 0.3 is 0 Å². The van der Waals surface area contributed by atoms with Crippen molar-refractivity contribution < 1.29 is 9.32 Å². The smallest absolute Gasteiger partial charge is 0.241 e. The van der Waals surface area contributed by atoms with E-state index < -0.39 is 0 Å². The summed E-state index contributed by atoms with van der Waals surface area (Å²) in [7, 11) is 0. The van der Waals surface area contributed by atoms with Crippen LogP contribution in [0.25, 0.3) is 11.4 Å². The van der Waals surface area contributed by atoms with Crippen molar-refractivity contribution in [2.24, 2.45) is 0 Å². The number of rotatable bonds is 3. The average Bonchev–Trinajstić information content (AvgIpc) is 2.85. The number of hydrogen-bond donors (Lipinski definition) is 0. The molecule has 0 aliphatic carbocycles. The summed E-state index contributed by atoms with van der Waals surface area (Å²) < 4.78 is 5.39. The first kappa shape index (κ1) is 15.7. The summed E-state index contributed by atoms with van der Waals surface area (Å²) >= 11 is 0. The van der Waals surface area contributed by atoms with Gasteiger partial charge < -0.3 is 9.42 Å². The lowest BCUT2D eigenvalue weighted by molar-refractivity contribution is -0.128. The topological polar surface area (TPSA) is 62.5 Å². The second-order valence-corrected chi connectivity index (χ2v) is 6.02. The predicted molar refractivity (Wildman–Crippen MR) is 86.6 cm³/mol. The van der Waals surface area contributed by atoms with Crippen molar-refractivity contribution in [1.82, 2.24) is 19.9 Å². The molecule has 0 spiro atoms. The predicted octanol–water partition coefficient (Wildman–Crippen LogP) is 2.10. The number of carbonyl (C=O) groups is 1. The minimum absolute atomic E-state index is 0.145. The molecule has 6 heteroatoms. The highest BCUT2D eigenvalue weighted by molar-refractivity contribution is 5.73. The van der Waals surface area contributed by atoms with Crippen molar-refractivity contribution in [3.05, 3.63) is 35.7 Å². The lowest BCUT2D eigenvalue weighted by atomic mass is 10.1. The van der Waals surface area contributed by atoms with Crippen LogP contribution in [0.3, 0.4) is 0 Å². The van der Waals surface area contributed by atoms with E-state index in [1.165, 1.54) is 5.56 Å². The van der Waals surface area contributed by atoms with Crippen LogP contribution in [-0.4, -0.2) is 52.0 Å². The first-order valence-corrected chi connectivity index (χ1v) is 7.99. The fourth-order valence-electron chi connectivity index (χ4n) is 2.86. The van der Waals surface area contributed by atoms with E-state index in [4.69, 9.17) is 4.52 Å². The van der Waals surface area contributed by atoms with Crippen LogP contribution in [0.1, 0.15) is 24.8 Å². The zero-order valence-corrected chi connectivity index (χ0v) is 13.7. The van der Waals surface area contributed by atoms with Crippen LogP contribution in [0.15, 0.2) is 28.8 Å². The van der Waals surface area contributed by atoms with Gasteiger partial charge in [-0.3, -0.25) is 9.69 Å². The monoisotopic (exact) mass is 314 g/mol. The van der Waals surface area contributed by atoms with E-state index in [2.05, 4.69) is 15.0 Å². The first-order valence-electron chi connectivity index (χ1n) is 7.99. The molecule has 1 fully saturated rings. The van der Waals surface area contributed by atoms with Gasteiger partial charge in [0.05, 0.1) is 6.54 Å². The number of hydrogen-bond acceptors (Lipinski definition) is 5. The highest BCUT2D eigenvalue weighted by atomic mass is 16.5. The fraction of sp³-hybridized carbons (Fsp3) is 0.471. The standard InChI is InChI=1S/C17H22N4O2/c1-13-5-3-6-15(11-13)17-18-16(23-19-17)12-20-7-4-8-21(10-9-20)14(2)22/h3,5-6,11H,4,7-10,12H2,1-2H3. The minimum Gasteiger partial charge on any atom is -0.342 e. The minimum atomic E-state index is 0.145. The molecular formula is C17H22N4O2. The quantitative estimate of drug-likeness (QED) is 0.868. The Morgan fingerprint density at radius 2 is 2.13 bits per heavy atom. The third kappa shape index (κ3) is 3.96. The number of aryl methyl sites for hydroxylation is 1. The molecule has 1 aromatic heterocycles. The van der Waals surface area contributed by atoms with Crippen molar-refractivity contribution in [2.45, 2.75) is 26.8 Å². The van der Waals surface area contributed by atoms with Crippen molar-refractivity contribution in [3.8, 4) is 11.4 Å². The molecule has 0 radical (unpaired) electrons. The van der Waals surface area contributed by atoms with E-state index in [1.807, 2.05) is 36.1 Å². The first-order chi connectivity index (χ1) is 11.1. The molecule has 0 saturated carbocycles. The van der Waals surface area contributed by atoms with Crippen molar-refractivity contribution in [3.63, 3.8) is 0 Å². The lowest BCUT2D eigenvalue weighted by Crippen LogP contribution is -2.33. The Kier molecular flexibility index (Phi) is 4.71. The van der Waals surface area contributed by atoms with Gasteiger partial charge in [0.25, 0.3) is 0 Å². The number of nitrogens with zero attached hydrogens (tertiary/aromatic N) is 4. The molecule has 0 unspecified atom stereocenters. The molecule has 1 saturated heterocycles. The Balaban J connectivity index is 1.64. The third-order valence-electron chi connectivity index (χ3n) is 4.14. The van der Waals surface area contributed by atoms with Crippen LogP contribution in [-0.2, 0) is 11.3 Å². The number of aromatic nitrogens is 2. The fourth-order valence-corrected chi connectivity index (χ4v) is 2.86. The van der Waals surface area contributed by atoms with Gasteiger partial charge in [0.1, 0.15) is 0 Å². The molecule has 1 aromatic carbocycles. The molecule has 3 rings (SSSR count). The Labute approximate surface area is 136 Å². The van der Waals surface area contributed by atoms with E-state index in [0.29, 0.717) is 18.3 Å². The molecule has 1 aliphatic heterocycles. The van der Waals surface area contributed by atoms with Gasteiger partial charge in [0.15, 0.2) is 0 Å². The maximum Gasteiger partial charge on any atom is 0.241 e. The highest BCUT2D eigenvalue weighted by Gasteiger charge is 2.18. The summed E-state index contributed by atoms with van der Waals surface area (Å²) in [5.74, 6) is 1.40. The van der Waals surface area contributed by atoms with Gasteiger partial charge in [-0.15, -0.1) is 0 Å². The number of benzene rings is 1. The van der Waals surface area contributed by atoms with Gasteiger partial charge in [-0.2, -0.15) is 4.98 Å². The van der Waals surface area contributed by atoms with Gasteiger partial charge in [-0.1, -0.05) is 28.9 Å². The SMILES string of the molecule is CC(=O)N1CCCN(Cc2nc(-c3cccc(C)c3)no2)CC1. The molecule has 0 N–H and O–H groups in total. The summed E-state index contributed by atoms with van der Waals surface area (Å²) in [5.41, 5.74) is 2.14. The average molecular weight is 314 g/mol. The molecular weight excluding hydrogens is 292 g/mol. The third-order valence-corrected chi connectivity index (χ3v) is 4.14. The van der Waals surface area contributed by atoms with E-state index >= 15 is 0 Å². The summed E-state index contributed by atoms with van der Waals surface area (Å²) in [6.07, 6.45) is 0.971. The van der Waals surface area contributed by atoms with Gasteiger partial charge in [0.2, 0.25) is 17.6 Å². The largest absolute Gasteiger partial charge is 0.342 e. The molecule has 1 amide bonds. The zero-order valence-electron chi connectivity index (χ0n) is 13.7. The second-order valence-electron chi connectivity index (χ2n) is 6.02. The molecule has 1 aliphatic rings. The molecule has 122 valence electrons. The van der Waals surface area contributed by atoms with E-state index in [-0.39, 0.29) is 5.91 Å². The molecule has 2 heterocycles. The Bertz CT molecular complexity index is 683. The molecule has 6 nitrogen and oxygen atoms in total. The van der Waals surface area contributed by atoms with Crippen LogP contribution >= 0.6 is 0 Å². The van der Waals surface area contributed by atoms with Crippen molar-refractivity contribution in [2.75, 3.05) is 26.2 Å². The summed E-state index contributed by atoms with van der Waals surface area (Å²) in [6, 6.07) is 8.07. The lowest BCUT2D eigenvalue weighted by Gasteiger charge is -2.19. The Morgan fingerprint density at radius 3 is 2.91 bits per heavy atom. The molecule has 0 atom stereocenters. The van der Waals surface area contributed by atoms with Crippen LogP contribution in [0.4, 0.5) is 0 Å². The van der Waals surface area contributed by atoms with Crippen LogP contribution in [0, 0.1) is 6.92 Å². The van der Waals surface area contributed by atoms with Crippen LogP contribution in [0.2, 0.25) is 0 Å². The van der Waals surface area contributed by atoms with Gasteiger partial charge in [-0.05, 0) is 19.4 Å². The van der Waals surface area contributed by atoms with Gasteiger partial charge in [-0.25, -0.2) is 0 Å². The highest BCUT2D eigenvalue weighted by Crippen LogP contribution is 2.18. The maximum absolute atomic E-state index is 11.5. The molecule has 23 heavy (non-hydrogen) atoms. The van der Waals surface area contributed by atoms with E-state index in [9.17, 15) is 4.79 Å². The normalized spacial score (nSPS) is 16.3. The summed E-state index contributed by atoms with van der Waals surface area (Å²) in [5, 5.41) is 4.08. The number of amides is 1. The maximum atomic E-state index is 11.5. The number of carbonyl (C=O) groups excluding carboxylic acids is 1. The zero-order chi connectivity index (χ0) is 16.2. The molecule has 2 aromatic rings. The summed E-state index contributed by atoms with van der Waals surface area (Å²) in [6.45, 7) is 7.65. The van der Waals surface area contributed by atoms with Gasteiger partial charge in [0, 0.05) is 38.7 Å². The second kappa shape index (κ2) is 6.91. The van der Waals surface area contributed by atoms with Crippen LogP contribution < -0.4 is 0 Å². The van der Waals surface area contributed by atoms with E-state index in [0.717, 1.165) is 38.2 Å². The van der Waals surface area contributed by atoms with Crippen molar-refractivity contribution >= 4 is 5.91 Å². The van der Waals surface area contributed by atoms with E-state index in [1.54, 1.807) is 6.92 Å². The van der Waals surface area contributed by atoms with Crippen molar-refractivity contribution in [1.29, 1.82) is 0 Å². The Hall–Kier alpha value is -2.21. The Morgan fingerprint density at radius 1 is 1.26 bits per heavy atom. The summed E-state index contributed by atoms with van der Waals surface area (Å²) in [4.78, 5) is 20.1.